The molecular formula is C14H15N3O2S2. The quantitative estimate of drug-likeness (QED) is 0.401. The van der Waals surface area contributed by atoms with Gasteiger partial charge < -0.3 is 4.57 Å². The van der Waals surface area contributed by atoms with Gasteiger partial charge in [-0.2, -0.15) is 0 Å². The molecule has 5 nitrogen and oxygen atoms in total. The van der Waals surface area contributed by atoms with Gasteiger partial charge in [0.1, 0.15) is 0 Å². The van der Waals surface area contributed by atoms with Crippen LogP contribution in [0.4, 0.5) is 10.5 Å². The van der Waals surface area contributed by atoms with Crippen molar-refractivity contribution in [2.75, 3.05) is 5.32 Å². The predicted molar refractivity (Wildman–Crippen MR) is 87.6 cm³/mol. The Labute approximate surface area is 131 Å². The summed E-state index contributed by atoms with van der Waals surface area (Å²) in [6, 6.07) is 9.05. The minimum atomic E-state index is -0.627. The van der Waals surface area contributed by atoms with Gasteiger partial charge in [0.05, 0.1) is 10.6 Å². The number of rotatable bonds is 3. The molecule has 0 atom stereocenters. The Kier molecular flexibility index (Phi) is 4.87. The van der Waals surface area contributed by atoms with E-state index in [1.165, 1.54) is 11.3 Å². The largest absolute Gasteiger partial charge is 0.437 e. The summed E-state index contributed by atoms with van der Waals surface area (Å²) in [4.78, 5) is 17.4. The Hall–Kier alpha value is -1.99. The van der Waals surface area contributed by atoms with Gasteiger partial charge in [-0.25, -0.2) is 4.79 Å². The number of hydrogen-bond donors (Lipinski definition) is 1. The second-order valence-corrected chi connectivity index (χ2v) is 6.03. The molecule has 1 aromatic carbocycles. The summed E-state index contributed by atoms with van der Waals surface area (Å²) in [5.41, 5.74) is 2.27. The molecule has 0 aliphatic carbocycles. The highest BCUT2D eigenvalue weighted by atomic mass is 32.1. The van der Waals surface area contributed by atoms with Gasteiger partial charge in [0.2, 0.25) is 0 Å². The Morgan fingerprint density at radius 3 is 2.62 bits per heavy atom. The number of aromatic nitrogens is 1. The van der Waals surface area contributed by atoms with Crippen LogP contribution in [0.1, 0.15) is 17.5 Å². The third kappa shape index (κ3) is 3.77. The van der Waals surface area contributed by atoms with Gasteiger partial charge in [0.15, 0.2) is 3.95 Å². The third-order valence-corrected chi connectivity index (χ3v) is 4.68. The van der Waals surface area contributed by atoms with Crippen LogP contribution in [-0.2, 0) is 11.9 Å². The molecule has 1 amide bonds. The number of carbonyl (C=O) groups is 1. The first-order valence-electron chi connectivity index (χ1n) is 6.23. The Bertz CT molecular complexity index is 732. The lowest BCUT2D eigenvalue weighted by Crippen LogP contribution is -2.11. The van der Waals surface area contributed by atoms with Crippen molar-refractivity contribution < 1.29 is 9.63 Å². The lowest BCUT2D eigenvalue weighted by Gasteiger charge is -2.03. The van der Waals surface area contributed by atoms with Crippen LogP contribution < -0.4 is 5.32 Å². The fourth-order valence-electron chi connectivity index (χ4n) is 1.67. The van der Waals surface area contributed by atoms with Crippen LogP contribution in [0.3, 0.4) is 0 Å². The van der Waals surface area contributed by atoms with E-state index in [4.69, 9.17) is 17.1 Å². The van der Waals surface area contributed by atoms with E-state index in [0.717, 1.165) is 14.5 Å². The van der Waals surface area contributed by atoms with E-state index in [1.54, 1.807) is 19.1 Å². The maximum absolute atomic E-state index is 11.6. The van der Waals surface area contributed by atoms with Crippen LogP contribution in [-0.4, -0.2) is 16.4 Å². The molecule has 0 bridgehead atoms. The number of anilines is 1. The van der Waals surface area contributed by atoms with Crippen molar-refractivity contribution in [3.8, 4) is 0 Å². The summed E-state index contributed by atoms with van der Waals surface area (Å²) in [5, 5.41) is 6.45. The number of oxime groups is 1. The molecule has 1 heterocycles. The van der Waals surface area contributed by atoms with Crippen molar-refractivity contribution >= 4 is 41.0 Å². The van der Waals surface area contributed by atoms with Gasteiger partial charge in [0.25, 0.3) is 0 Å². The molecule has 7 heteroatoms. The molecule has 21 heavy (non-hydrogen) atoms. The van der Waals surface area contributed by atoms with E-state index in [1.807, 2.05) is 36.7 Å². The number of benzene rings is 1. The lowest BCUT2D eigenvalue weighted by atomic mass is 10.3. The third-order valence-electron chi connectivity index (χ3n) is 2.91. The number of carbonyl (C=O) groups excluding carboxylic acids is 1. The molecule has 2 rings (SSSR count). The molecule has 0 unspecified atom stereocenters. The van der Waals surface area contributed by atoms with Crippen molar-refractivity contribution in [2.24, 2.45) is 12.2 Å². The van der Waals surface area contributed by atoms with E-state index in [9.17, 15) is 4.79 Å². The number of hydrogen-bond acceptors (Lipinski definition) is 5. The zero-order valence-corrected chi connectivity index (χ0v) is 13.5. The maximum atomic E-state index is 11.6. The number of amides is 1. The highest BCUT2D eigenvalue weighted by molar-refractivity contribution is 7.73. The molecule has 0 saturated heterocycles. The normalized spacial score (nSPS) is 11.3. The Morgan fingerprint density at radius 2 is 2.05 bits per heavy atom. The topological polar surface area (TPSA) is 55.6 Å². The zero-order chi connectivity index (χ0) is 15.4. The molecular weight excluding hydrogens is 306 g/mol. The molecule has 1 aromatic heterocycles. The summed E-state index contributed by atoms with van der Waals surface area (Å²) in [6.45, 7) is 3.73. The number of nitrogens with zero attached hydrogens (tertiary/aromatic N) is 2. The molecule has 2 aromatic rings. The monoisotopic (exact) mass is 321 g/mol. The van der Waals surface area contributed by atoms with Gasteiger partial charge in [-0.3, -0.25) is 10.2 Å². The smallest absolute Gasteiger partial charge is 0.330 e. The van der Waals surface area contributed by atoms with Gasteiger partial charge in [-0.1, -0.05) is 23.4 Å². The van der Waals surface area contributed by atoms with E-state index in [-0.39, 0.29) is 0 Å². The van der Waals surface area contributed by atoms with Crippen LogP contribution in [0.2, 0.25) is 0 Å². The lowest BCUT2D eigenvalue weighted by molar-refractivity contribution is 0.166. The minimum absolute atomic E-state index is 0.618. The summed E-state index contributed by atoms with van der Waals surface area (Å²) >= 11 is 6.65. The van der Waals surface area contributed by atoms with Crippen molar-refractivity contribution in [2.45, 2.75) is 13.8 Å². The Balaban J connectivity index is 2.05. The highest BCUT2D eigenvalue weighted by Gasteiger charge is 2.10. The fourth-order valence-corrected chi connectivity index (χ4v) is 2.97. The van der Waals surface area contributed by atoms with Crippen LogP contribution in [0.5, 0.6) is 0 Å². The number of nitrogens with one attached hydrogen (secondary N) is 1. The second kappa shape index (κ2) is 6.64. The average Bonchev–Trinajstić information content (AvgIpc) is 2.73. The van der Waals surface area contributed by atoms with Crippen LogP contribution in [0.15, 0.2) is 35.5 Å². The van der Waals surface area contributed by atoms with Gasteiger partial charge in [-0.15, -0.1) is 11.3 Å². The maximum Gasteiger partial charge on any atom is 0.437 e. The average molecular weight is 321 g/mol. The van der Waals surface area contributed by atoms with Crippen LogP contribution in [0, 0.1) is 10.9 Å². The van der Waals surface area contributed by atoms with Crippen molar-refractivity contribution in [1.29, 1.82) is 0 Å². The SMILES string of the molecule is CC(=NOC(=O)Nc1ccccc1)c1sc(=S)n(C)c1C. The number of thiazole rings is 1. The summed E-state index contributed by atoms with van der Waals surface area (Å²) in [7, 11) is 1.90. The fraction of sp³-hybridized carbons (Fsp3) is 0.214. The van der Waals surface area contributed by atoms with E-state index >= 15 is 0 Å². The van der Waals surface area contributed by atoms with Crippen molar-refractivity contribution in [3.63, 3.8) is 0 Å². The summed E-state index contributed by atoms with van der Waals surface area (Å²) in [5.74, 6) is 0. The first-order chi connectivity index (χ1) is 9.99. The number of para-hydroxylation sites is 1. The second-order valence-electron chi connectivity index (χ2n) is 4.39. The van der Waals surface area contributed by atoms with E-state index in [2.05, 4.69) is 10.5 Å². The summed E-state index contributed by atoms with van der Waals surface area (Å²) in [6.07, 6.45) is -0.627. The minimum Gasteiger partial charge on any atom is -0.330 e. The van der Waals surface area contributed by atoms with E-state index < -0.39 is 6.09 Å². The molecule has 0 radical (unpaired) electrons. The zero-order valence-electron chi connectivity index (χ0n) is 11.9. The van der Waals surface area contributed by atoms with Crippen molar-refractivity contribution in [3.05, 3.63) is 44.9 Å². The Morgan fingerprint density at radius 1 is 1.38 bits per heavy atom. The molecule has 110 valence electrons. The molecule has 0 aliphatic heterocycles. The first-order valence-corrected chi connectivity index (χ1v) is 7.46. The standard InChI is InChI=1S/C14H15N3O2S2/c1-9(12-10(2)17(3)14(20)21-12)16-19-13(18)15-11-7-5-4-6-8-11/h4-8H,1-3H3,(H,15,18). The van der Waals surface area contributed by atoms with Gasteiger partial charge in [0, 0.05) is 18.4 Å². The highest BCUT2D eigenvalue weighted by Crippen LogP contribution is 2.18. The molecule has 0 spiro atoms. The first kappa shape index (κ1) is 15.4. The van der Waals surface area contributed by atoms with Gasteiger partial charge >= 0.3 is 6.09 Å². The van der Waals surface area contributed by atoms with Gasteiger partial charge in [-0.05, 0) is 38.2 Å². The molecule has 0 saturated carbocycles. The molecule has 0 aliphatic rings. The predicted octanol–water partition coefficient (Wildman–Crippen LogP) is 4.10. The molecule has 0 fully saturated rings. The molecule has 1 N–H and O–H groups in total. The van der Waals surface area contributed by atoms with Crippen LogP contribution >= 0.6 is 23.6 Å². The van der Waals surface area contributed by atoms with Crippen molar-refractivity contribution in [1.82, 2.24) is 4.57 Å². The van der Waals surface area contributed by atoms with E-state index in [0.29, 0.717) is 11.4 Å². The summed E-state index contributed by atoms with van der Waals surface area (Å²) < 4.78 is 2.66. The van der Waals surface area contributed by atoms with Crippen LogP contribution in [0.25, 0.3) is 0 Å².